The van der Waals surface area contributed by atoms with Crippen LogP contribution in [0.5, 0.6) is 0 Å². The zero-order valence-electron chi connectivity index (χ0n) is 29.8. The van der Waals surface area contributed by atoms with Gasteiger partial charge in [0.2, 0.25) is 0 Å². The second-order valence-electron chi connectivity index (χ2n) is 12.9. The molecule has 6 N–H and O–H groups in total. The van der Waals surface area contributed by atoms with E-state index in [9.17, 15) is 14.4 Å². The van der Waals surface area contributed by atoms with Gasteiger partial charge in [-0.3, -0.25) is 14.4 Å². The molecule has 276 valence electrons. The van der Waals surface area contributed by atoms with Crippen molar-refractivity contribution in [2.75, 3.05) is 19.8 Å². The van der Waals surface area contributed by atoms with E-state index in [0.29, 0.717) is 12.8 Å². The Bertz CT molecular complexity index is 621. The molecule has 0 aromatic heterocycles. The molecule has 0 bridgehead atoms. The Morgan fingerprint density at radius 3 is 0.761 bits per heavy atom. The van der Waals surface area contributed by atoms with Crippen molar-refractivity contribution in [3.8, 4) is 0 Å². The lowest BCUT2D eigenvalue weighted by molar-refractivity contribution is -0.147. The van der Waals surface area contributed by atoms with E-state index in [-0.39, 0.29) is 19.8 Å². The van der Waals surface area contributed by atoms with Crippen molar-refractivity contribution < 1.29 is 45.0 Å². The molecular weight excluding hydrogens is 588 g/mol. The van der Waals surface area contributed by atoms with Crippen LogP contribution in [0.25, 0.3) is 0 Å². The Labute approximate surface area is 281 Å². The molecule has 0 atom stereocenters. The van der Waals surface area contributed by atoms with Crippen molar-refractivity contribution in [3.63, 3.8) is 0 Å². The van der Waals surface area contributed by atoms with Gasteiger partial charge in [-0.1, -0.05) is 168 Å². The summed E-state index contributed by atoms with van der Waals surface area (Å²) in [5.74, 6) is -3.27. The van der Waals surface area contributed by atoms with Crippen LogP contribution in [0.2, 0.25) is 0 Å². The molecule has 0 saturated heterocycles. The van der Waals surface area contributed by atoms with Gasteiger partial charge in [0.15, 0.2) is 0 Å². The number of carboxylic acid groups (broad SMARTS) is 3. The highest BCUT2D eigenvalue weighted by molar-refractivity contribution is 5.88. The van der Waals surface area contributed by atoms with Crippen LogP contribution in [-0.4, -0.2) is 68.4 Å². The SMILES string of the molecule is CCC(CO)(CO)CO.CCCCCCCCCCCCCCCCCCCCCCCCCCCC(=O)O.O=C(O)CC(=O)O. The number of carbonyl (C=O) groups is 3. The summed E-state index contributed by atoms with van der Waals surface area (Å²) >= 11 is 0. The molecular formula is C37H74O9. The first-order valence-electron chi connectivity index (χ1n) is 18.6. The van der Waals surface area contributed by atoms with Gasteiger partial charge in [-0.05, 0) is 12.8 Å². The molecule has 0 fully saturated rings. The van der Waals surface area contributed by atoms with Gasteiger partial charge in [-0.25, -0.2) is 0 Å². The normalized spacial score (nSPS) is 10.9. The van der Waals surface area contributed by atoms with Gasteiger partial charge in [-0.15, -0.1) is 0 Å². The van der Waals surface area contributed by atoms with Gasteiger partial charge in [-0.2, -0.15) is 0 Å². The number of rotatable bonds is 32. The third kappa shape index (κ3) is 42.3. The zero-order valence-corrected chi connectivity index (χ0v) is 29.8. The van der Waals surface area contributed by atoms with E-state index < -0.39 is 29.7 Å². The van der Waals surface area contributed by atoms with Crippen molar-refractivity contribution in [2.24, 2.45) is 5.41 Å². The number of hydrogen-bond donors (Lipinski definition) is 6. The molecule has 9 nitrogen and oxygen atoms in total. The molecule has 0 aromatic rings. The summed E-state index contributed by atoms with van der Waals surface area (Å²) < 4.78 is 0. The first-order valence-corrected chi connectivity index (χ1v) is 18.6. The molecule has 0 radical (unpaired) electrons. The van der Waals surface area contributed by atoms with Crippen LogP contribution in [0.1, 0.15) is 194 Å². The molecule has 0 spiro atoms. The van der Waals surface area contributed by atoms with Crippen LogP contribution in [0.3, 0.4) is 0 Å². The third-order valence-corrected chi connectivity index (χ3v) is 8.55. The van der Waals surface area contributed by atoms with Crippen molar-refractivity contribution >= 4 is 17.9 Å². The second-order valence-corrected chi connectivity index (χ2v) is 12.9. The molecule has 0 heterocycles. The Kier molecular flexibility index (Phi) is 41.8. The highest BCUT2D eigenvalue weighted by atomic mass is 16.4. The highest BCUT2D eigenvalue weighted by Gasteiger charge is 2.24. The molecule has 0 saturated carbocycles. The molecule has 46 heavy (non-hydrogen) atoms. The molecule has 0 aliphatic heterocycles. The summed E-state index contributed by atoms with van der Waals surface area (Å²) in [6, 6.07) is 0. The number of unbranched alkanes of at least 4 members (excludes halogenated alkanes) is 24. The van der Waals surface area contributed by atoms with Crippen molar-refractivity contribution in [1.82, 2.24) is 0 Å². The monoisotopic (exact) mass is 663 g/mol. The number of aliphatic hydroxyl groups excluding tert-OH is 3. The fraction of sp³-hybridized carbons (Fsp3) is 0.919. The maximum Gasteiger partial charge on any atom is 0.314 e. The van der Waals surface area contributed by atoms with Crippen LogP contribution in [0.15, 0.2) is 0 Å². The molecule has 0 unspecified atom stereocenters. The fourth-order valence-corrected chi connectivity index (χ4v) is 5.03. The zero-order chi connectivity index (χ0) is 35.2. The summed E-state index contributed by atoms with van der Waals surface area (Å²) in [7, 11) is 0. The summed E-state index contributed by atoms with van der Waals surface area (Å²) in [5.41, 5.74) is -0.667. The van der Waals surface area contributed by atoms with Gasteiger partial charge in [0, 0.05) is 11.8 Å². The molecule has 0 aliphatic rings. The summed E-state index contributed by atoms with van der Waals surface area (Å²) in [6.45, 7) is 3.65. The first-order chi connectivity index (χ1) is 22.1. The fourth-order valence-electron chi connectivity index (χ4n) is 5.03. The summed E-state index contributed by atoms with van der Waals surface area (Å²) in [5, 5.41) is 50.0. The third-order valence-electron chi connectivity index (χ3n) is 8.55. The van der Waals surface area contributed by atoms with Gasteiger partial charge in [0.25, 0.3) is 0 Å². The standard InChI is InChI=1S/C28H56O2.C6H14O3.C3H4O4/c1-2-3-4-5-6-7-8-9-10-11-12-13-14-15-16-17-18-19-20-21-22-23-24-25-26-27-28(29)30;1-2-6(3-7,4-8)5-9;4-2(5)1-3(6)7/h2-27H2,1H3,(H,29,30);7-9H,2-5H2,1H3;1H2,(H,4,5)(H,6,7). The molecule has 0 rings (SSSR count). The van der Waals surface area contributed by atoms with E-state index >= 15 is 0 Å². The minimum Gasteiger partial charge on any atom is -0.481 e. The lowest BCUT2D eigenvalue weighted by atomic mass is 9.88. The van der Waals surface area contributed by atoms with Crippen molar-refractivity contribution in [1.29, 1.82) is 0 Å². The van der Waals surface area contributed by atoms with E-state index in [1.54, 1.807) is 0 Å². The maximum atomic E-state index is 10.4. The second kappa shape index (κ2) is 39.5. The van der Waals surface area contributed by atoms with E-state index in [1.807, 2.05) is 6.92 Å². The topological polar surface area (TPSA) is 173 Å². The van der Waals surface area contributed by atoms with E-state index in [4.69, 9.17) is 30.6 Å². The average molecular weight is 663 g/mol. The lowest BCUT2D eigenvalue weighted by Gasteiger charge is -2.24. The summed E-state index contributed by atoms with van der Waals surface area (Å²) in [6.07, 6.45) is 34.8. The largest absolute Gasteiger partial charge is 0.481 e. The number of carboxylic acids is 3. The van der Waals surface area contributed by atoms with Crippen molar-refractivity contribution in [2.45, 2.75) is 194 Å². The van der Waals surface area contributed by atoms with Crippen LogP contribution in [0.4, 0.5) is 0 Å². The van der Waals surface area contributed by atoms with Crippen LogP contribution < -0.4 is 0 Å². The first kappa shape index (κ1) is 48.7. The Morgan fingerprint density at radius 1 is 0.391 bits per heavy atom. The molecule has 0 aromatic carbocycles. The predicted molar refractivity (Wildman–Crippen MR) is 187 cm³/mol. The average Bonchev–Trinajstić information content (AvgIpc) is 3.02. The van der Waals surface area contributed by atoms with Crippen LogP contribution >= 0.6 is 0 Å². The molecule has 0 aliphatic carbocycles. The Hall–Kier alpha value is -1.71. The van der Waals surface area contributed by atoms with E-state index in [1.165, 1.54) is 148 Å². The predicted octanol–water partition coefficient (Wildman–Crippen LogP) is 9.14. The molecule has 9 heteroatoms. The van der Waals surface area contributed by atoms with E-state index in [0.717, 1.165) is 12.8 Å². The maximum absolute atomic E-state index is 10.4. The van der Waals surface area contributed by atoms with Crippen LogP contribution in [0, 0.1) is 5.41 Å². The van der Waals surface area contributed by atoms with E-state index in [2.05, 4.69) is 6.92 Å². The summed E-state index contributed by atoms with van der Waals surface area (Å²) in [4.78, 5) is 29.3. The lowest BCUT2D eigenvalue weighted by Crippen LogP contribution is -2.32. The smallest absolute Gasteiger partial charge is 0.314 e. The Morgan fingerprint density at radius 2 is 0.630 bits per heavy atom. The van der Waals surface area contributed by atoms with Gasteiger partial charge in [0.1, 0.15) is 6.42 Å². The Balaban J connectivity index is -0.000000939. The van der Waals surface area contributed by atoms with Crippen molar-refractivity contribution in [3.05, 3.63) is 0 Å². The number of hydrogen-bond acceptors (Lipinski definition) is 6. The van der Waals surface area contributed by atoms with Gasteiger partial charge in [0.05, 0.1) is 19.8 Å². The van der Waals surface area contributed by atoms with Gasteiger partial charge < -0.3 is 30.6 Å². The number of aliphatic carboxylic acids is 3. The van der Waals surface area contributed by atoms with Crippen LogP contribution in [-0.2, 0) is 14.4 Å². The quantitative estimate of drug-likeness (QED) is 0.0303. The van der Waals surface area contributed by atoms with Gasteiger partial charge >= 0.3 is 17.9 Å². The minimum absolute atomic E-state index is 0.156. The number of aliphatic hydroxyl groups is 3. The minimum atomic E-state index is -1.31. The highest BCUT2D eigenvalue weighted by Crippen LogP contribution is 2.18. The molecule has 0 amide bonds.